The van der Waals surface area contributed by atoms with Gasteiger partial charge in [-0.2, -0.15) is 0 Å². The van der Waals surface area contributed by atoms with E-state index < -0.39 is 0 Å². The van der Waals surface area contributed by atoms with Crippen LogP contribution in [0.4, 0.5) is 0 Å². The first-order valence-electron chi connectivity index (χ1n) is 2.71. The van der Waals surface area contributed by atoms with E-state index in [-0.39, 0.29) is 5.17 Å². The molecule has 0 aliphatic carbocycles. The van der Waals surface area contributed by atoms with Gasteiger partial charge in [0, 0.05) is 7.05 Å². The van der Waals surface area contributed by atoms with Gasteiger partial charge < -0.3 is 9.84 Å². The van der Waals surface area contributed by atoms with Crippen LogP contribution in [-0.4, -0.2) is 34.6 Å². The van der Waals surface area contributed by atoms with E-state index in [4.69, 9.17) is 10.9 Å². The SMILES string of the molecule is COC(=S)N(C)N.NNC(O)=S. The van der Waals surface area contributed by atoms with Crippen molar-refractivity contribution in [2.75, 3.05) is 14.2 Å². The van der Waals surface area contributed by atoms with Crippen LogP contribution in [0.5, 0.6) is 0 Å². The van der Waals surface area contributed by atoms with Gasteiger partial charge in [-0.1, -0.05) is 0 Å². The van der Waals surface area contributed by atoms with Crippen molar-refractivity contribution in [1.29, 1.82) is 0 Å². The zero-order valence-electron chi connectivity index (χ0n) is 6.77. The van der Waals surface area contributed by atoms with E-state index in [2.05, 4.69) is 35.0 Å². The van der Waals surface area contributed by atoms with Crippen LogP contribution in [0, 0.1) is 0 Å². The minimum atomic E-state index is -0.384. The van der Waals surface area contributed by atoms with Gasteiger partial charge in [-0.05, 0) is 24.4 Å². The summed E-state index contributed by atoms with van der Waals surface area (Å²) in [5.41, 5.74) is 1.81. The number of nitrogens with two attached hydrogens (primary N) is 2. The maximum Gasteiger partial charge on any atom is 0.273 e. The Morgan fingerprint density at radius 3 is 1.92 bits per heavy atom. The van der Waals surface area contributed by atoms with Gasteiger partial charge >= 0.3 is 0 Å². The number of methoxy groups -OCH3 is 1. The third kappa shape index (κ3) is 12.0. The summed E-state index contributed by atoms with van der Waals surface area (Å²) in [6.45, 7) is 0. The van der Waals surface area contributed by atoms with E-state index in [0.717, 1.165) is 0 Å². The zero-order valence-corrected chi connectivity index (χ0v) is 8.41. The average molecular weight is 212 g/mol. The fraction of sp³-hybridized carbons (Fsp3) is 0.500. The molecule has 0 heterocycles. The fourth-order valence-electron chi connectivity index (χ4n) is 0.144. The van der Waals surface area contributed by atoms with Crippen molar-refractivity contribution in [3.8, 4) is 0 Å². The van der Waals surface area contributed by atoms with Gasteiger partial charge in [-0.25, -0.2) is 11.7 Å². The Labute approximate surface area is 81.4 Å². The summed E-state index contributed by atoms with van der Waals surface area (Å²) in [7, 11) is 3.09. The molecule has 0 fully saturated rings. The Balaban J connectivity index is 0. The lowest BCUT2D eigenvalue weighted by molar-refractivity contribution is 0.328. The van der Waals surface area contributed by atoms with Gasteiger partial charge in [-0.15, -0.1) is 0 Å². The van der Waals surface area contributed by atoms with Crippen molar-refractivity contribution < 1.29 is 9.84 Å². The van der Waals surface area contributed by atoms with Gasteiger partial charge in [-0.3, -0.25) is 10.4 Å². The minimum absolute atomic E-state index is 0.292. The van der Waals surface area contributed by atoms with Crippen LogP contribution in [0.15, 0.2) is 0 Å². The lowest BCUT2D eigenvalue weighted by Crippen LogP contribution is -2.32. The fourth-order valence-corrected chi connectivity index (χ4v) is 0.144. The molecule has 0 aliphatic rings. The van der Waals surface area contributed by atoms with Crippen molar-refractivity contribution >= 4 is 34.8 Å². The molecule has 0 bridgehead atoms. The standard InChI is InChI=1S/C3H8N2OS.CH4N2OS/c1-5(4)3(7)6-2;2-3-1(4)5/h4H2,1-2H3;2H2,(H2,3,4,5). The molecule has 0 unspecified atom stereocenters. The molecule has 6 N–H and O–H groups in total. The van der Waals surface area contributed by atoms with E-state index in [1.807, 2.05) is 5.43 Å². The third-order valence-corrected chi connectivity index (χ3v) is 1.16. The van der Waals surface area contributed by atoms with Crippen LogP contribution in [0.25, 0.3) is 0 Å². The molecule has 72 valence electrons. The molecule has 0 atom stereocenters. The molecule has 0 spiro atoms. The van der Waals surface area contributed by atoms with Gasteiger partial charge in [0.25, 0.3) is 10.3 Å². The zero-order chi connectivity index (χ0) is 10.1. The molecule has 8 heteroatoms. The molecule has 0 saturated heterocycles. The smallest absolute Gasteiger partial charge is 0.273 e. The van der Waals surface area contributed by atoms with E-state index in [9.17, 15) is 0 Å². The second-order valence-corrected chi connectivity index (χ2v) is 2.27. The largest absolute Gasteiger partial charge is 0.486 e. The Morgan fingerprint density at radius 2 is 1.92 bits per heavy atom. The number of aliphatic hydroxyl groups is 1. The highest BCUT2D eigenvalue weighted by atomic mass is 32.1. The molecule has 0 aromatic carbocycles. The van der Waals surface area contributed by atoms with Crippen LogP contribution < -0.4 is 17.1 Å². The van der Waals surface area contributed by atoms with Gasteiger partial charge in [0.1, 0.15) is 0 Å². The molecule has 6 nitrogen and oxygen atoms in total. The van der Waals surface area contributed by atoms with Crippen molar-refractivity contribution in [2.24, 2.45) is 11.7 Å². The summed E-state index contributed by atoms with van der Waals surface area (Å²) in [5, 5.41) is 9.00. The molecule has 0 aromatic rings. The summed E-state index contributed by atoms with van der Waals surface area (Å²) >= 11 is 8.57. The highest BCUT2D eigenvalue weighted by Gasteiger charge is 1.92. The van der Waals surface area contributed by atoms with Crippen molar-refractivity contribution in [2.45, 2.75) is 0 Å². The third-order valence-electron chi connectivity index (χ3n) is 0.586. The van der Waals surface area contributed by atoms with Crippen molar-refractivity contribution in [3.63, 3.8) is 0 Å². The Hall–Kier alpha value is -0.700. The first kappa shape index (κ1) is 13.9. The van der Waals surface area contributed by atoms with Gasteiger partial charge in [0.05, 0.1) is 7.11 Å². The first-order valence-corrected chi connectivity index (χ1v) is 3.53. The minimum Gasteiger partial charge on any atom is -0.486 e. The van der Waals surface area contributed by atoms with Gasteiger partial charge in [0.2, 0.25) is 0 Å². The Morgan fingerprint density at radius 1 is 1.58 bits per heavy atom. The van der Waals surface area contributed by atoms with Gasteiger partial charge in [0.15, 0.2) is 0 Å². The average Bonchev–Trinajstić information content (AvgIpc) is 2.04. The van der Waals surface area contributed by atoms with Crippen LogP contribution >= 0.6 is 24.4 Å². The second kappa shape index (κ2) is 8.40. The quantitative estimate of drug-likeness (QED) is 0.231. The first-order chi connectivity index (χ1) is 5.45. The number of hydrazine groups is 2. The lowest BCUT2D eigenvalue weighted by Gasteiger charge is -2.09. The number of hydrogen-bond donors (Lipinski definition) is 4. The van der Waals surface area contributed by atoms with Crippen LogP contribution in [0.2, 0.25) is 0 Å². The van der Waals surface area contributed by atoms with E-state index in [0.29, 0.717) is 5.17 Å². The summed E-state index contributed by atoms with van der Waals surface area (Å²) in [6, 6.07) is 0. The predicted molar refractivity (Wildman–Crippen MR) is 54.1 cm³/mol. The maximum absolute atomic E-state index is 7.86. The molecule has 12 heavy (non-hydrogen) atoms. The Bertz CT molecular complexity index is 152. The summed E-state index contributed by atoms with van der Waals surface area (Å²) in [6.07, 6.45) is 0. The summed E-state index contributed by atoms with van der Waals surface area (Å²) in [4.78, 5) is 0. The topological polar surface area (TPSA) is 96.8 Å². The number of hydrogen-bond acceptors (Lipinski definition) is 5. The van der Waals surface area contributed by atoms with Crippen molar-refractivity contribution in [1.82, 2.24) is 10.4 Å². The number of rotatable bonds is 0. The number of nitrogens with one attached hydrogen (secondary N) is 1. The molecule has 0 saturated carbocycles. The molecule has 0 aromatic heterocycles. The molecule has 0 radical (unpaired) electrons. The predicted octanol–water partition coefficient (Wildman–Crippen LogP) is -0.984. The molecule has 0 amide bonds. The number of ether oxygens (including phenoxy) is 1. The maximum atomic E-state index is 7.86. The number of nitrogens with zero attached hydrogens (tertiary/aromatic N) is 1. The molecule has 0 rings (SSSR count). The van der Waals surface area contributed by atoms with Crippen molar-refractivity contribution in [3.05, 3.63) is 0 Å². The normalized spacial score (nSPS) is 7.33. The van der Waals surface area contributed by atoms with E-state index in [1.165, 1.54) is 12.1 Å². The molecule has 0 aliphatic heterocycles. The second-order valence-electron chi connectivity index (χ2n) is 1.53. The molecular formula is C4H12N4O2S2. The number of aliphatic hydroxyl groups excluding tert-OH is 1. The highest BCUT2D eigenvalue weighted by molar-refractivity contribution is 7.80. The Kier molecular flexibility index (Phi) is 9.70. The number of thiocarbonyl (C=S) groups is 2. The lowest BCUT2D eigenvalue weighted by atomic mass is 11.1. The summed E-state index contributed by atoms with van der Waals surface area (Å²) in [5.74, 6) is 9.64. The van der Waals surface area contributed by atoms with Crippen LogP contribution in [0.1, 0.15) is 0 Å². The van der Waals surface area contributed by atoms with E-state index >= 15 is 0 Å². The monoisotopic (exact) mass is 212 g/mol. The van der Waals surface area contributed by atoms with E-state index in [1.54, 1.807) is 7.05 Å². The molecular weight excluding hydrogens is 200 g/mol. The highest BCUT2D eigenvalue weighted by Crippen LogP contribution is 1.76. The van der Waals surface area contributed by atoms with Crippen LogP contribution in [-0.2, 0) is 4.74 Å². The van der Waals surface area contributed by atoms with Crippen LogP contribution in [0.3, 0.4) is 0 Å². The summed E-state index contributed by atoms with van der Waals surface area (Å²) < 4.78 is 4.54.